The van der Waals surface area contributed by atoms with Crippen LogP contribution in [0, 0.1) is 18.6 Å². The lowest BCUT2D eigenvalue weighted by Crippen LogP contribution is -2.17. The lowest BCUT2D eigenvalue weighted by atomic mass is 10.1. The molecule has 162 valence electrons. The molecule has 0 aliphatic rings. The van der Waals surface area contributed by atoms with E-state index >= 15 is 0 Å². The monoisotopic (exact) mass is 453 g/mol. The molecule has 0 atom stereocenters. The third kappa shape index (κ3) is 4.12. The fourth-order valence-electron chi connectivity index (χ4n) is 3.10. The molecule has 0 radical (unpaired) electrons. The highest BCUT2D eigenvalue weighted by Gasteiger charge is 2.19. The summed E-state index contributed by atoms with van der Waals surface area (Å²) in [7, 11) is 1.78. The molecule has 0 spiro atoms. The minimum absolute atomic E-state index is 0.130. The summed E-state index contributed by atoms with van der Waals surface area (Å²) < 4.78 is 26.9. The quantitative estimate of drug-likeness (QED) is 0.467. The first kappa shape index (κ1) is 21.3. The van der Waals surface area contributed by atoms with Crippen LogP contribution < -0.4 is 16.0 Å². The number of aromatic nitrogens is 2. The molecule has 0 unspecified atom stereocenters. The Bertz CT molecular complexity index is 1350. The number of nitrogens with one attached hydrogen (secondary N) is 1. The van der Waals surface area contributed by atoms with Gasteiger partial charge in [0.25, 0.3) is 11.8 Å². The van der Waals surface area contributed by atoms with Gasteiger partial charge in [-0.2, -0.15) is 0 Å². The van der Waals surface area contributed by atoms with E-state index in [1.54, 1.807) is 31.0 Å². The second-order valence-corrected chi connectivity index (χ2v) is 7.96. The number of anilines is 3. The smallest absolute Gasteiger partial charge is 0.267 e. The maximum absolute atomic E-state index is 13.7. The van der Waals surface area contributed by atoms with E-state index in [0.717, 1.165) is 11.8 Å². The fraction of sp³-hybridized carbons (Fsp3) is 0.0909. The largest absolute Gasteiger partial charge is 0.364 e. The number of rotatable bonds is 5. The van der Waals surface area contributed by atoms with Crippen LogP contribution in [0.25, 0.3) is 10.9 Å². The predicted molar refractivity (Wildman–Crippen MR) is 119 cm³/mol. The summed E-state index contributed by atoms with van der Waals surface area (Å²) in [6, 6.07) is 11.0. The molecule has 2 aromatic heterocycles. The number of pyridine rings is 1. The van der Waals surface area contributed by atoms with E-state index in [0.29, 0.717) is 21.2 Å². The first-order chi connectivity index (χ1) is 15.2. The Morgan fingerprint density at radius 2 is 1.72 bits per heavy atom. The first-order valence-electron chi connectivity index (χ1n) is 9.41. The van der Waals surface area contributed by atoms with Gasteiger partial charge in [0.05, 0.1) is 16.8 Å². The third-order valence-electron chi connectivity index (χ3n) is 4.78. The Balaban J connectivity index is 1.67. The van der Waals surface area contributed by atoms with Gasteiger partial charge in [-0.3, -0.25) is 9.59 Å². The third-order valence-corrected chi connectivity index (χ3v) is 5.93. The first-order valence-corrected chi connectivity index (χ1v) is 10.2. The standard InChI is InChI=1S/C22H17F2N5O2S/c1-11-21(32-22(26-11)29(2)14-6-3-12(23)4-7-14)28-20(31)16-10-18(19(25)30)27-17-9-13(24)5-8-15(16)17/h3-10H,1-2H3,(H2,25,30)(H,28,31). The van der Waals surface area contributed by atoms with Gasteiger partial charge in [0.15, 0.2) is 5.13 Å². The average molecular weight is 453 g/mol. The minimum Gasteiger partial charge on any atom is -0.364 e. The molecule has 0 fully saturated rings. The molecule has 4 rings (SSSR count). The summed E-state index contributed by atoms with van der Waals surface area (Å²) >= 11 is 1.23. The van der Waals surface area contributed by atoms with Crippen LogP contribution in [0.2, 0.25) is 0 Å². The Kier molecular flexibility index (Phi) is 5.54. The number of aryl methyl sites for hydroxylation is 1. The Hall–Kier alpha value is -3.92. The van der Waals surface area contributed by atoms with Gasteiger partial charge in [0, 0.05) is 24.2 Å². The number of primary amides is 1. The summed E-state index contributed by atoms with van der Waals surface area (Å²) in [5, 5.41) is 4.25. The van der Waals surface area contributed by atoms with E-state index in [1.165, 1.54) is 41.7 Å². The number of halogens is 2. The lowest BCUT2D eigenvalue weighted by Gasteiger charge is -2.15. The summed E-state index contributed by atoms with van der Waals surface area (Å²) in [6.45, 7) is 1.74. The predicted octanol–water partition coefficient (Wildman–Crippen LogP) is 4.40. The van der Waals surface area contributed by atoms with Gasteiger partial charge in [0.2, 0.25) is 0 Å². The van der Waals surface area contributed by atoms with Gasteiger partial charge in [-0.25, -0.2) is 18.7 Å². The second-order valence-electron chi connectivity index (χ2n) is 6.98. The SMILES string of the molecule is Cc1nc(N(C)c2ccc(F)cc2)sc1NC(=O)c1cc(C(N)=O)nc2cc(F)ccc12. The van der Waals surface area contributed by atoms with Crippen LogP contribution in [0.3, 0.4) is 0 Å². The number of hydrogen-bond donors (Lipinski definition) is 2. The van der Waals surface area contributed by atoms with Crippen LogP contribution >= 0.6 is 11.3 Å². The minimum atomic E-state index is -0.831. The van der Waals surface area contributed by atoms with Crippen molar-refractivity contribution in [2.24, 2.45) is 5.73 Å². The number of amides is 2. The zero-order valence-corrected chi connectivity index (χ0v) is 17.8. The zero-order valence-electron chi connectivity index (χ0n) is 17.0. The molecule has 4 aromatic rings. The highest BCUT2D eigenvalue weighted by atomic mass is 32.1. The van der Waals surface area contributed by atoms with E-state index in [1.807, 2.05) is 0 Å². The number of carbonyl (C=O) groups is 2. The van der Waals surface area contributed by atoms with Crippen LogP contribution in [0.5, 0.6) is 0 Å². The Morgan fingerprint density at radius 3 is 2.41 bits per heavy atom. The highest BCUT2D eigenvalue weighted by Crippen LogP contribution is 2.34. The maximum atomic E-state index is 13.7. The molecule has 0 aliphatic carbocycles. The number of nitrogens with zero attached hydrogens (tertiary/aromatic N) is 3. The van der Waals surface area contributed by atoms with Crippen LogP contribution in [-0.4, -0.2) is 28.8 Å². The number of nitrogens with two attached hydrogens (primary N) is 1. The number of thiazole rings is 1. The number of benzene rings is 2. The number of carbonyl (C=O) groups excluding carboxylic acids is 2. The van der Waals surface area contributed by atoms with Crippen LogP contribution in [0.4, 0.5) is 24.6 Å². The summed E-state index contributed by atoms with van der Waals surface area (Å²) in [6.07, 6.45) is 0. The van der Waals surface area contributed by atoms with Crippen molar-refractivity contribution in [2.75, 3.05) is 17.3 Å². The molecule has 2 amide bonds. The maximum Gasteiger partial charge on any atom is 0.267 e. The molecule has 3 N–H and O–H groups in total. The van der Waals surface area contributed by atoms with Crippen molar-refractivity contribution in [3.63, 3.8) is 0 Å². The summed E-state index contributed by atoms with van der Waals surface area (Å²) in [5.41, 5.74) is 6.76. The molecule has 0 saturated heterocycles. The van der Waals surface area contributed by atoms with Crippen LogP contribution in [0.1, 0.15) is 26.5 Å². The van der Waals surface area contributed by atoms with E-state index in [2.05, 4.69) is 15.3 Å². The summed E-state index contributed by atoms with van der Waals surface area (Å²) in [5.74, 6) is -2.24. The molecule has 2 aromatic carbocycles. The van der Waals surface area contributed by atoms with Crippen molar-refractivity contribution in [1.29, 1.82) is 0 Å². The number of hydrogen-bond acceptors (Lipinski definition) is 6. The van der Waals surface area contributed by atoms with Crippen molar-refractivity contribution in [2.45, 2.75) is 6.92 Å². The van der Waals surface area contributed by atoms with Gasteiger partial charge < -0.3 is 16.0 Å². The summed E-state index contributed by atoms with van der Waals surface area (Å²) in [4.78, 5) is 35.0. The molecule has 0 bridgehead atoms. The average Bonchev–Trinajstić information content (AvgIpc) is 3.12. The highest BCUT2D eigenvalue weighted by molar-refractivity contribution is 7.19. The Labute approximate surface area is 185 Å². The van der Waals surface area contributed by atoms with E-state index < -0.39 is 17.6 Å². The zero-order chi connectivity index (χ0) is 23.0. The molecule has 2 heterocycles. The molecule has 0 aliphatic heterocycles. The van der Waals surface area contributed by atoms with Gasteiger partial charge in [0.1, 0.15) is 22.3 Å². The second kappa shape index (κ2) is 8.31. The molecule has 0 saturated carbocycles. The molecular formula is C22H17F2N5O2S. The lowest BCUT2D eigenvalue weighted by molar-refractivity contribution is 0.0996. The van der Waals surface area contributed by atoms with Crippen LogP contribution in [-0.2, 0) is 0 Å². The van der Waals surface area contributed by atoms with Crippen LogP contribution in [0.15, 0.2) is 48.5 Å². The topological polar surface area (TPSA) is 101 Å². The normalized spacial score (nSPS) is 10.9. The van der Waals surface area contributed by atoms with E-state index in [4.69, 9.17) is 5.73 Å². The molecule has 32 heavy (non-hydrogen) atoms. The van der Waals surface area contributed by atoms with Gasteiger partial charge >= 0.3 is 0 Å². The molecular weight excluding hydrogens is 436 g/mol. The molecule has 7 nitrogen and oxygen atoms in total. The van der Waals surface area contributed by atoms with Gasteiger partial charge in [-0.15, -0.1) is 0 Å². The van der Waals surface area contributed by atoms with Crippen molar-refractivity contribution < 1.29 is 18.4 Å². The molecule has 10 heteroatoms. The fourth-order valence-corrected chi connectivity index (χ4v) is 4.05. The van der Waals surface area contributed by atoms with Crippen molar-refractivity contribution in [3.8, 4) is 0 Å². The van der Waals surface area contributed by atoms with Crippen molar-refractivity contribution in [3.05, 3.63) is 77.1 Å². The van der Waals surface area contributed by atoms with Crippen molar-refractivity contribution in [1.82, 2.24) is 9.97 Å². The van der Waals surface area contributed by atoms with Gasteiger partial charge in [-0.05, 0) is 49.4 Å². The van der Waals surface area contributed by atoms with Crippen molar-refractivity contribution >= 4 is 49.9 Å². The van der Waals surface area contributed by atoms with E-state index in [-0.39, 0.29) is 22.6 Å². The van der Waals surface area contributed by atoms with E-state index in [9.17, 15) is 18.4 Å². The Morgan fingerprint density at radius 1 is 1.03 bits per heavy atom. The number of fused-ring (bicyclic) bond motifs is 1. The van der Waals surface area contributed by atoms with Gasteiger partial charge in [-0.1, -0.05) is 11.3 Å².